The fraction of sp³-hybridized carbons (Fsp3) is 0.400. The van der Waals surface area contributed by atoms with Gasteiger partial charge in [0.05, 0.1) is 23.0 Å². The molecule has 0 aliphatic carbocycles. The number of aromatic amines is 1. The largest absolute Gasteiger partial charge is 0.486 e. The van der Waals surface area contributed by atoms with Gasteiger partial charge in [-0.25, -0.2) is 9.78 Å². The van der Waals surface area contributed by atoms with E-state index in [1.807, 2.05) is 18.2 Å². The minimum atomic E-state index is -0.553. The van der Waals surface area contributed by atoms with Crippen LogP contribution >= 0.6 is 11.3 Å². The summed E-state index contributed by atoms with van der Waals surface area (Å²) in [5, 5.41) is 13.7. The number of nitrogens with zero attached hydrogens (tertiary/aromatic N) is 4. The van der Waals surface area contributed by atoms with Gasteiger partial charge < -0.3 is 23.9 Å². The maximum Gasteiger partial charge on any atom is 0.347 e. The molecule has 11 nitrogen and oxygen atoms in total. The Morgan fingerprint density at radius 3 is 2.76 bits per heavy atom. The van der Waals surface area contributed by atoms with Crippen molar-refractivity contribution < 1.29 is 28.6 Å². The first-order valence-corrected chi connectivity index (χ1v) is 13.0. The molecule has 194 valence electrons. The lowest BCUT2D eigenvalue weighted by Crippen LogP contribution is -2.42. The van der Waals surface area contributed by atoms with Crippen molar-refractivity contribution in [3.05, 3.63) is 46.5 Å². The van der Waals surface area contributed by atoms with E-state index in [4.69, 9.17) is 24.0 Å². The maximum absolute atomic E-state index is 13.3. The molecule has 1 aromatic carbocycles. The summed E-state index contributed by atoms with van der Waals surface area (Å²) in [7, 11) is 0. The lowest BCUT2D eigenvalue weighted by molar-refractivity contribution is -0.148. The van der Waals surface area contributed by atoms with E-state index in [1.165, 1.54) is 6.20 Å². The van der Waals surface area contributed by atoms with Gasteiger partial charge in [0.2, 0.25) is 6.61 Å². The van der Waals surface area contributed by atoms with E-state index >= 15 is 0 Å². The van der Waals surface area contributed by atoms with Crippen LogP contribution in [0.4, 0.5) is 0 Å². The predicted octanol–water partition coefficient (Wildman–Crippen LogP) is 2.99. The lowest BCUT2D eigenvalue weighted by atomic mass is 9.97. The third-order valence-electron chi connectivity index (χ3n) is 6.09. The summed E-state index contributed by atoms with van der Waals surface area (Å²) in [6.45, 7) is 3.77. The van der Waals surface area contributed by atoms with Crippen LogP contribution in [-0.4, -0.2) is 77.2 Å². The Labute approximate surface area is 217 Å². The number of benzene rings is 1. The Morgan fingerprint density at radius 1 is 1.19 bits per heavy atom. The summed E-state index contributed by atoms with van der Waals surface area (Å²) in [5.41, 5.74) is 2.38. The minimum Gasteiger partial charge on any atom is -0.486 e. The molecule has 12 heteroatoms. The van der Waals surface area contributed by atoms with Crippen molar-refractivity contribution in [2.75, 3.05) is 39.5 Å². The summed E-state index contributed by atoms with van der Waals surface area (Å²) < 4.78 is 16.1. The van der Waals surface area contributed by atoms with Crippen molar-refractivity contribution in [2.24, 2.45) is 5.16 Å². The zero-order chi connectivity index (χ0) is 25.6. The molecule has 2 aliphatic heterocycles. The van der Waals surface area contributed by atoms with Crippen LogP contribution in [0.15, 0.2) is 41.0 Å². The monoisotopic (exact) mass is 525 g/mol. The first-order chi connectivity index (χ1) is 18.1. The van der Waals surface area contributed by atoms with Crippen LogP contribution < -0.4 is 9.47 Å². The quantitative estimate of drug-likeness (QED) is 0.270. The number of carbonyl (C=O) groups excluding carboxylic acids is 2. The topological polar surface area (TPSA) is 128 Å². The SMILES string of the molecule is CCOC(=O)CON=C(C(=O)N1CCC(c2nc(-c3ccc4c(c3)OCCO4)cs2)CC1)c1ccn[nH]1. The number of oxime groups is 1. The summed E-state index contributed by atoms with van der Waals surface area (Å²) in [6.07, 6.45) is 3.08. The summed E-state index contributed by atoms with van der Waals surface area (Å²) >= 11 is 1.63. The highest BCUT2D eigenvalue weighted by molar-refractivity contribution is 7.10. The van der Waals surface area contributed by atoms with Crippen molar-refractivity contribution in [2.45, 2.75) is 25.7 Å². The number of H-pyrrole nitrogens is 1. The zero-order valence-electron chi connectivity index (χ0n) is 20.3. The molecule has 0 radical (unpaired) electrons. The number of hydrogen-bond donors (Lipinski definition) is 1. The molecule has 1 amide bonds. The smallest absolute Gasteiger partial charge is 0.347 e. The lowest BCUT2D eigenvalue weighted by Gasteiger charge is -2.31. The van der Waals surface area contributed by atoms with Gasteiger partial charge in [0.25, 0.3) is 5.91 Å². The van der Waals surface area contributed by atoms with Gasteiger partial charge in [-0.2, -0.15) is 5.10 Å². The van der Waals surface area contributed by atoms with E-state index in [0.717, 1.165) is 40.6 Å². The normalized spacial score (nSPS) is 15.9. The van der Waals surface area contributed by atoms with Gasteiger partial charge in [0.15, 0.2) is 17.2 Å². The van der Waals surface area contributed by atoms with Crippen LogP contribution in [-0.2, 0) is 19.2 Å². The average molecular weight is 526 g/mol. The predicted molar refractivity (Wildman–Crippen MR) is 135 cm³/mol. The number of piperidine rings is 1. The molecular weight excluding hydrogens is 498 g/mol. The van der Waals surface area contributed by atoms with Crippen molar-refractivity contribution in [3.63, 3.8) is 0 Å². The molecule has 0 unspecified atom stereocenters. The first kappa shape index (κ1) is 24.8. The summed E-state index contributed by atoms with van der Waals surface area (Å²) in [5.74, 6) is 0.913. The number of thiazole rings is 1. The molecule has 1 fully saturated rings. The van der Waals surface area contributed by atoms with E-state index in [9.17, 15) is 9.59 Å². The Bertz CT molecular complexity index is 1270. The van der Waals surface area contributed by atoms with Gasteiger partial charge >= 0.3 is 5.97 Å². The average Bonchev–Trinajstić information content (AvgIpc) is 3.64. The Balaban J connectivity index is 1.22. The van der Waals surface area contributed by atoms with Crippen molar-refractivity contribution in [3.8, 4) is 22.8 Å². The van der Waals surface area contributed by atoms with Crippen molar-refractivity contribution in [1.82, 2.24) is 20.1 Å². The number of carbonyl (C=O) groups is 2. The molecule has 1 saturated heterocycles. The van der Waals surface area contributed by atoms with Crippen LogP contribution in [0, 0.1) is 0 Å². The number of rotatable bonds is 8. The molecule has 1 N–H and O–H groups in total. The number of fused-ring (bicyclic) bond motifs is 1. The van der Waals surface area contributed by atoms with E-state index in [0.29, 0.717) is 32.0 Å². The Hall–Kier alpha value is -3.93. The van der Waals surface area contributed by atoms with Crippen LogP contribution in [0.1, 0.15) is 36.4 Å². The van der Waals surface area contributed by atoms with Crippen LogP contribution in [0.2, 0.25) is 0 Å². The molecular formula is C25H27N5O6S. The van der Waals surface area contributed by atoms with Gasteiger partial charge in [0, 0.05) is 36.1 Å². The fourth-order valence-corrected chi connectivity index (χ4v) is 5.23. The second-order valence-electron chi connectivity index (χ2n) is 8.48. The molecule has 5 rings (SSSR count). The maximum atomic E-state index is 13.3. The standard InChI is InChI=1S/C25H27N5O6S/c1-2-33-22(31)14-36-29-23(18-5-8-26-28-18)25(32)30-9-6-16(7-10-30)24-27-19(15-37-24)17-3-4-20-21(13-17)35-12-11-34-20/h3-5,8,13,15-16H,2,6-7,9-12,14H2,1H3,(H,26,28). The fourth-order valence-electron chi connectivity index (χ4n) is 4.23. The van der Waals surface area contributed by atoms with E-state index in [2.05, 4.69) is 20.7 Å². The molecule has 37 heavy (non-hydrogen) atoms. The van der Waals surface area contributed by atoms with Gasteiger partial charge in [0.1, 0.15) is 13.2 Å². The molecule has 0 saturated carbocycles. The zero-order valence-corrected chi connectivity index (χ0v) is 21.2. The molecule has 0 atom stereocenters. The van der Waals surface area contributed by atoms with Crippen molar-refractivity contribution >= 4 is 28.9 Å². The highest BCUT2D eigenvalue weighted by atomic mass is 32.1. The number of nitrogens with one attached hydrogen (secondary N) is 1. The van der Waals surface area contributed by atoms with Crippen LogP contribution in [0.3, 0.4) is 0 Å². The minimum absolute atomic E-state index is 0.0652. The van der Waals surface area contributed by atoms with Gasteiger partial charge in [-0.1, -0.05) is 5.16 Å². The molecule has 0 bridgehead atoms. The highest BCUT2D eigenvalue weighted by Crippen LogP contribution is 2.37. The third kappa shape index (κ3) is 5.74. The van der Waals surface area contributed by atoms with Crippen LogP contribution in [0.5, 0.6) is 11.5 Å². The molecule has 0 spiro atoms. The molecule has 3 aromatic rings. The second-order valence-corrected chi connectivity index (χ2v) is 9.37. The highest BCUT2D eigenvalue weighted by Gasteiger charge is 2.30. The van der Waals surface area contributed by atoms with Gasteiger partial charge in [-0.05, 0) is 44.0 Å². The molecule has 2 aliphatic rings. The summed E-state index contributed by atoms with van der Waals surface area (Å²) in [4.78, 5) is 36.6. The molecule has 2 aromatic heterocycles. The third-order valence-corrected chi connectivity index (χ3v) is 7.10. The second kappa shape index (κ2) is 11.4. The molecule has 4 heterocycles. The number of likely N-dealkylation sites (tertiary alicyclic amines) is 1. The van der Waals surface area contributed by atoms with Crippen molar-refractivity contribution in [1.29, 1.82) is 0 Å². The van der Waals surface area contributed by atoms with E-state index in [-0.39, 0.29) is 30.8 Å². The number of esters is 1. The van der Waals surface area contributed by atoms with E-state index < -0.39 is 5.97 Å². The van der Waals surface area contributed by atoms with Crippen LogP contribution in [0.25, 0.3) is 11.3 Å². The van der Waals surface area contributed by atoms with Gasteiger partial charge in [-0.3, -0.25) is 9.89 Å². The first-order valence-electron chi connectivity index (χ1n) is 12.1. The summed E-state index contributed by atoms with van der Waals surface area (Å²) in [6, 6.07) is 7.51. The Morgan fingerprint density at radius 2 is 2.00 bits per heavy atom. The Kier molecular flexibility index (Phi) is 7.64. The number of ether oxygens (including phenoxy) is 3. The number of aromatic nitrogens is 3. The van der Waals surface area contributed by atoms with E-state index in [1.54, 1.807) is 29.2 Å². The number of amides is 1. The van der Waals surface area contributed by atoms with Gasteiger partial charge in [-0.15, -0.1) is 11.3 Å². The number of hydrogen-bond acceptors (Lipinski definition) is 10.